The maximum Gasteiger partial charge on any atom is 0.254 e. The summed E-state index contributed by atoms with van der Waals surface area (Å²) in [7, 11) is 0. The molecule has 2 heterocycles. The Morgan fingerprint density at radius 2 is 2.09 bits per heavy atom. The molecule has 1 N–H and O–H groups in total. The number of hydrogen-bond acceptors (Lipinski definition) is 3. The van der Waals surface area contributed by atoms with Crippen molar-refractivity contribution in [2.45, 2.75) is 13.0 Å². The fourth-order valence-corrected chi connectivity index (χ4v) is 2.52. The number of nitrogens with one attached hydrogen (secondary N) is 1. The van der Waals surface area contributed by atoms with Crippen LogP contribution >= 0.6 is 0 Å². The minimum atomic E-state index is -0.776. The number of ether oxygens (including phenoxy) is 1. The second kappa shape index (κ2) is 5.84. The summed E-state index contributed by atoms with van der Waals surface area (Å²) in [5, 5.41) is 0. The number of aromatic nitrogens is 2. The van der Waals surface area contributed by atoms with E-state index >= 15 is 0 Å². The van der Waals surface area contributed by atoms with Crippen molar-refractivity contribution in [1.29, 1.82) is 0 Å². The molecule has 2 aromatic rings. The molecule has 0 saturated carbocycles. The summed E-state index contributed by atoms with van der Waals surface area (Å²) >= 11 is 0. The van der Waals surface area contributed by atoms with E-state index in [1.807, 2.05) is 6.92 Å². The Morgan fingerprint density at radius 3 is 2.73 bits per heavy atom. The third-order valence-corrected chi connectivity index (χ3v) is 3.54. The van der Waals surface area contributed by atoms with Gasteiger partial charge in [-0.1, -0.05) is 0 Å². The van der Waals surface area contributed by atoms with E-state index in [1.165, 1.54) is 4.90 Å². The highest BCUT2D eigenvalue weighted by Gasteiger charge is 2.31. The van der Waals surface area contributed by atoms with Crippen molar-refractivity contribution in [3.63, 3.8) is 0 Å². The molecule has 1 aromatic carbocycles. The first-order valence-corrected chi connectivity index (χ1v) is 6.91. The fraction of sp³-hybridized carbons (Fsp3) is 0.333. The van der Waals surface area contributed by atoms with Crippen LogP contribution in [0.25, 0.3) is 0 Å². The van der Waals surface area contributed by atoms with E-state index in [-0.39, 0.29) is 12.2 Å². The Balaban J connectivity index is 1.91. The van der Waals surface area contributed by atoms with E-state index in [4.69, 9.17) is 4.74 Å². The van der Waals surface area contributed by atoms with Crippen LogP contribution in [-0.2, 0) is 4.74 Å². The van der Waals surface area contributed by atoms with Crippen LogP contribution in [0.15, 0.2) is 24.4 Å². The Kier molecular flexibility index (Phi) is 3.89. The summed E-state index contributed by atoms with van der Waals surface area (Å²) < 4.78 is 32.1. The number of halogens is 2. The van der Waals surface area contributed by atoms with Gasteiger partial charge in [0.05, 0.1) is 13.2 Å². The first kappa shape index (κ1) is 14.6. The van der Waals surface area contributed by atoms with Crippen LogP contribution in [0, 0.1) is 18.6 Å². The molecule has 0 spiro atoms. The van der Waals surface area contributed by atoms with Crippen molar-refractivity contribution in [3.8, 4) is 0 Å². The number of carbonyl (C=O) groups is 1. The minimum Gasteiger partial charge on any atom is -0.377 e. The van der Waals surface area contributed by atoms with Crippen molar-refractivity contribution in [2.24, 2.45) is 0 Å². The van der Waals surface area contributed by atoms with Gasteiger partial charge < -0.3 is 14.6 Å². The number of imidazole rings is 1. The van der Waals surface area contributed by atoms with Gasteiger partial charge in [-0.2, -0.15) is 0 Å². The lowest BCUT2D eigenvalue weighted by Crippen LogP contribution is -2.44. The molecule has 1 atom stereocenters. The normalized spacial score (nSPS) is 18.5. The second-order valence-corrected chi connectivity index (χ2v) is 5.20. The van der Waals surface area contributed by atoms with Crippen molar-refractivity contribution in [3.05, 3.63) is 53.1 Å². The topological polar surface area (TPSA) is 58.2 Å². The van der Waals surface area contributed by atoms with Crippen LogP contribution in [-0.4, -0.2) is 40.5 Å². The highest BCUT2D eigenvalue weighted by molar-refractivity contribution is 5.94. The molecule has 1 amide bonds. The molecule has 0 radical (unpaired) electrons. The highest BCUT2D eigenvalue weighted by atomic mass is 19.1. The van der Waals surface area contributed by atoms with Crippen LogP contribution in [0.4, 0.5) is 8.78 Å². The number of amides is 1. The molecule has 7 heteroatoms. The quantitative estimate of drug-likeness (QED) is 0.925. The summed E-state index contributed by atoms with van der Waals surface area (Å²) in [5.74, 6) is -1.40. The van der Waals surface area contributed by atoms with Crippen LogP contribution in [0.1, 0.15) is 27.9 Å². The van der Waals surface area contributed by atoms with Gasteiger partial charge in [0, 0.05) is 30.1 Å². The summed E-state index contributed by atoms with van der Waals surface area (Å²) in [6, 6.07) is 2.40. The van der Waals surface area contributed by atoms with Crippen molar-refractivity contribution in [1.82, 2.24) is 14.9 Å². The third kappa shape index (κ3) is 2.85. The predicted molar refractivity (Wildman–Crippen MR) is 74.3 cm³/mol. The number of morpholine rings is 1. The lowest BCUT2D eigenvalue weighted by molar-refractivity contribution is -0.00505. The summed E-state index contributed by atoms with van der Waals surface area (Å²) in [6.45, 7) is 2.85. The van der Waals surface area contributed by atoms with Crippen molar-refractivity contribution < 1.29 is 18.3 Å². The number of aromatic amines is 1. The largest absolute Gasteiger partial charge is 0.377 e. The monoisotopic (exact) mass is 307 g/mol. The Labute approximate surface area is 125 Å². The van der Waals surface area contributed by atoms with Crippen LogP contribution < -0.4 is 0 Å². The van der Waals surface area contributed by atoms with E-state index in [1.54, 1.807) is 6.20 Å². The summed E-state index contributed by atoms with van der Waals surface area (Å²) in [4.78, 5) is 21.4. The molecule has 22 heavy (non-hydrogen) atoms. The van der Waals surface area contributed by atoms with Gasteiger partial charge in [-0.15, -0.1) is 0 Å². The number of hydrogen-bond donors (Lipinski definition) is 1. The molecule has 0 bridgehead atoms. The maximum absolute atomic E-state index is 13.3. The number of nitrogens with zero attached hydrogens (tertiary/aromatic N) is 2. The second-order valence-electron chi connectivity index (χ2n) is 5.20. The smallest absolute Gasteiger partial charge is 0.254 e. The first-order chi connectivity index (χ1) is 10.5. The van der Waals surface area contributed by atoms with E-state index < -0.39 is 23.6 Å². The molecule has 116 valence electrons. The molecule has 1 aromatic heterocycles. The van der Waals surface area contributed by atoms with Crippen molar-refractivity contribution in [2.75, 3.05) is 19.8 Å². The fourth-order valence-electron chi connectivity index (χ4n) is 2.52. The highest BCUT2D eigenvalue weighted by Crippen LogP contribution is 2.24. The first-order valence-electron chi connectivity index (χ1n) is 6.91. The molecular formula is C15H15F2N3O2. The number of H-pyrrole nitrogens is 1. The van der Waals surface area contributed by atoms with E-state index in [0.717, 1.165) is 23.9 Å². The standard InChI is InChI=1S/C15H15F2N3O2/c1-9-7-18-14(19-9)13-8-22-3-2-20(13)15(21)10-4-11(16)6-12(17)5-10/h4-7,13H,2-3,8H2,1H3,(H,18,19)/t13-/m1/s1. The van der Waals surface area contributed by atoms with Gasteiger partial charge in [-0.25, -0.2) is 13.8 Å². The Morgan fingerprint density at radius 1 is 1.36 bits per heavy atom. The molecule has 1 fully saturated rings. The molecule has 3 rings (SSSR count). The molecular weight excluding hydrogens is 292 g/mol. The van der Waals surface area contributed by atoms with Gasteiger partial charge in [0.15, 0.2) is 0 Å². The number of aryl methyl sites for hydroxylation is 1. The number of benzene rings is 1. The Bertz CT molecular complexity index is 682. The van der Waals surface area contributed by atoms with Crippen LogP contribution in [0.5, 0.6) is 0 Å². The zero-order valence-electron chi connectivity index (χ0n) is 12.0. The van der Waals surface area contributed by atoms with E-state index in [9.17, 15) is 13.6 Å². The summed E-state index contributed by atoms with van der Waals surface area (Å²) in [5.41, 5.74) is 0.845. The lowest BCUT2D eigenvalue weighted by Gasteiger charge is -2.34. The average Bonchev–Trinajstić information content (AvgIpc) is 2.92. The zero-order valence-corrected chi connectivity index (χ0v) is 12.0. The van der Waals surface area contributed by atoms with Gasteiger partial charge in [-0.05, 0) is 19.1 Å². The van der Waals surface area contributed by atoms with Gasteiger partial charge >= 0.3 is 0 Å². The minimum absolute atomic E-state index is 0.0207. The van der Waals surface area contributed by atoms with Gasteiger partial charge in [0.2, 0.25) is 0 Å². The number of rotatable bonds is 2. The Hall–Kier alpha value is -2.28. The third-order valence-electron chi connectivity index (χ3n) is 3.54. The van der Waals surface area contributed by atoms with E-state index in [2.05, 4.69) is 9.97 Å². The zero-order chi connectivity index (χ0) is 15.7. The average molecular weight is 307 g/mol. The van der Waals surface area contributed by atoms with Gasteiger partial charge in [-0.3, -0.25) is 4.79 Å². The van der Waals surface area contributed by atoms with Gasteiger partial charge in [0.1, 0.15) is 23.5 Å². The molecule has 0 aliphatic carbocycles. The van der Waals surface area contributed by atoms with Crippen LogP contribution in [0.3, 0.4) is 0 Å². The molecule has 5 nitrogen and oxygen atoms in total. The molecule has 1 aliphatic rings. The molecule has 0 unspecified atom stereocenters. The maximum atomic E-state index is 13.3. The van der Waals surface area contributed by atoms with Crippen LogP contribution in [0.2, 0.25) is 0 Å². The van der Waals surface area contributed by atoms with Gasteiger partial charge in [0.25, 0.3) is 5.91 Å². The SMILES string of the molecule is Cc1cnc([C@H]2COCCN2C(=O)c2cc(F)cc(F)c2)[nH]1. The lowest BCUT2D eigenvalue weighted by atomic mass is 10.1. The predicted octanol–water partition coefficient (Wildman–Crippen LogP) is 2.21. The number of carbonyl (C=O) groups excluding carboxylic acids is 1. The molecule has 1 aliphatic heterocycles. The summed E-state index contributed by atoms with van der Waals surface area (Å²) in [6.07, 6.45) is 1.66. The molecule has 1 saturated heterocycles. The van der Waals surface area contributed by atoms with E-state index in [0.29, 0.717) is 19.0 Å². The van der Waals surface area contributed by atoms with Crippen molar-refractivity contribution >= 4 is 5.91 Å².